The van der Waals surface area contributed by atoms with Gasteiger partial charge in [0, 0.05) is 19.2 Å². The smallest absolute Gasteiger partial charge is 0.344 e. The van der Waals surface area contributed by atoms with Crippen molar-refractivity contribution in [2.45, 2.75) is 0 Å². The molecule has 0 spiro atoms. The number of hydrogen-bond donors (Lipinski definition) is 1. The van der Waals surface area contributed by atoms with Gasteiger partial charge in [0.15, 0.2) is 23.5 Å². The summed E-state index contributed by atoms with van der Waals surface area (Å²) >= 11 is 0. The average molecular weight is 692 g/mol. The fraction of sp³-hybridized carbons (Fsp3) is 0.324. The normalized spacial score (nSPS) is 11.0. The van der Waals surface area contributed by atoms with Gasteiger partial charge in [0.2, 0.25) is 5.75 Å². The number of benzene rings is 3. The van der Waals surface area contributed by atoms with Crippen molar-refractivity contribution in [2.75, 3.05) is 80.7 Å². The maximum atomic E-state index is 12.8. The van der Waals surface area contributed by atoms with E-state index in [9.17, 15) is 14.4 Å². The second-order valence-electron chi connectivity index (χ2n) is 10.4. The molecule has 1 N–H and O–H groups in total. The van der Waals surface area contributed by atoms with Crippen molar-refractivity contribution in [1.82, 2.24) is 5.32 Å². The Morgan fingerprint density at radius 1 is 0.780 bits per heavy atom. The van der Waals surface area contributed by atoms with Crippen molar-refractivity contribution < 1.29 is 51.9 Å². The van der Waals surface area contributed by atoms with Crippen molar-refractivity contribution in [3.8, 4) is 34.1 Å². The molecule has 0 amide bonds. The molecule has 0 aliphatic rings. The summed E-state index contributed by atoms with van der Waals surface area (Å²) < 4.78 is 48.2. The minimum absolute atomic E-state index is 0.0956. The summed E-state index contributed by atoms with van der Waals surface area (Å²) in [5.41, 5.74) is 2.21. The third-order valence-corrected chi connectivity index (χ3v) is 7.11. The van der Waals surface area contributed by atoms with Crippen LogP contribution in [0.25, 0.3) is 28.2 Å². The molecule has 4 aromatic rings. The number of carbonyl (C=O) groups excluding carboxylic acids is 2. The third kappa shape index (κ3) is 11.4. The molecular weight excluding hydrogens is 650 g/mol. The highest BCUT2D eigenvalue weighted by molar-refractivity contribution is 5.87. The van der Waals surface area contributed by atoms with Crippen LogP contribution in [0.15, 0.2) is 82.2 Å². The van der Waals surface area contributed by atoms with Crippen molar-refractivity contribution in [2.24, 2.45) is 0 Å². The van der Waals surface area contributed by atoms with E-state index in [-0.39, 0.29) is 38.5 Å². The summed E-state index contributed by atoms with van der Waals surface area (Å²) in [6.07, 6.45) is 4.35. The van der Waals surface area contributed by atoms with Gasteiger partial charge < -0.3 is 47.6 Å². The van der Waals surface area contributed by atoms with Crippen LogP contribution in [0.1, 0.15) is 5.56 Å². The van der Waals surface area contributed by atoms with E-state index in [1.165, 1.54) is 33.7 Å². The van der Waals surface area contributed by atoms with Crippen LogP contribution in [-0.4, -0.2) is 92.6 Å². The minimum atomic E-state index is -0.525. The van der Waals surface area contributed by atoms with E-state index in [1.807, 2.05) is 6.07 Å². The van der Waals surface area contributed by atoms with E-state index in [2.05, 4.69) is 5.32 Å². The number of ether oxygens (including phenoxy) is 8. The molecule has 0 fully saturated rings. The Hall–Kier alpha value is -5.37. The largest absolute Gasteiger partial charge is 0.493 e. The predicted octanol–water partition coefficient (Wildman–Crippen LogP) is 4.29. The summed E-state index contributed by atoms with van der Waals surface area (Å²) in [5, 5.41) is 3.67. The highest BCUT2D eigenvalue weighted by Crippen LogP contribution is 2.38. The van der Waals surface area contributed by atoms with Crippen LogP contribution in [0, 0.1) is 0 Å². The molecule has 0 saturated heterocycles. The van der Waals surface area contributed by atoms with Gasteiger partial charge in [-0.15, -0.1) is 0 Å². The molecule has 0 bridgehead atoms. The van der Waals surface area contributed by atoms with E-state index in [0.29, 0.717) is 77.0 Å². The van der Waals surface area contributed by atoms with Gasteiger partial charge in [0.1, 0.15) is 30.8 Å². The predicted molar refractivity (Wildman–Crippen MR) is 185 cm³/mol. The number of methoxy groups -OCH3 is 3. The average Bonchev–Trinajstić information content (AvgIpc) is 3.15. The molecule has 0 aliphatic carbocycles. The fourth-order valence-corrected chi connectivity index (χ4v) is 4.64. The van der Waals surface area contributed by atoms with Crippen molar-refractivity contribution >= 4 is 29.0 Å². The Balaban J connectivity index is 0.980. The second-order valence-corrected chi connectivity index (χ2v) is 10.4. The molecule has 0 atom stereocenters. The molecule has 0 unspecified atom stereocenters. The highest BCUT2D eigenvalue weighted by atomic mass is 16.6. The van der Waals surface area contributed by atoms with Gasteiger partial charge in [-0.1, -0.05) is 24.3 Å². The lowest BCUT2D eigenvalue weighted by molar-refractivity contribution is -0.147. The molecule has 1 aromatic heterocycles. The van der Waals surface area contributed by atoms with Crippen LogP contribution in [0.3, 0.4) is 0 Å². The summed E-state index contributed by atoms with van der Waals surface area (Å²) in [7, 11) is 4.56. The number of fused-ring (bicyclic) bond motifs is 1. The molecule has 0 radical (unpaired) electrons. The van der Waals surface area contributed by atoms with Crippen LogP contribution < -0.4 is 29.7 Å². The van der Waals surface area contributed by atoms with Gasteiger partial charge in [-0.3, -0.25) is 4.79 Å². The summed E-state index contributed by atoms with van der Waals surface area (Å²) in [5.74, 6) is 0.861. The molecular formula is C37H41NO12. The zero-order valence-corrected chi connectivity index (χ0v) is 28.3. The fourth-order valence-electron chi connectivity index (χ4n) is 4.64. The molecule has 4 rings (SSSR count). The van der Waals surface area contributed by atoms with E-state index in [0.717, 1.165) is 0 Å². The number of esters is 2. The quantitative estimate of drug-likeness (QED) is 0.0753. The highest BCUT2D eigenvalue weighted by Gasteiger charge is 2.13. The first-order valence-corrected chi connectivity index (χ1v) is 15.8. The molecule has 1 heterocycles. The first-order valence-electron chi connectivity index (χ1n) is 15.8. The topological polar surface area (TPSA) is 150 Å². The van der Waals surface area contributed by atoms with Crippen molar-refractivity contribution in [3.05, 3.63) is 88.8 Å². The summed E-state index contributed by atoms with van der Waals surface area (Å²) in [4.78, 5) is 36.8. The Labute approximate surface area is 289 Å². The van der Waals surface area contributed by atoms with Gasteiger partial charge in [-0.2, -0.15) is 0 Å². The van der Waals surface area contributed by atoms with Crippen LogP contribution in [-0.2, 0) is 28.5 Å². The lowest BCUT2D eigenvalue weighted by Gasteiger charge is -2.12. The van der Waals surface area contributed by atoms with E-state index < -0.39 is 11.9 Å². The maximum absolute atomic E-state index is 12.8. The lowest BCUT2D eigenvalue weighted by atomic mass is 10.1. The molecule has 3 aromatic carbocycles. The maximum Gasteiger partial charge on any atom is 0.344 e. The number of rotatable bonds is 21. The van der Waals surface area contributed by atoms with E-state index in [4.69, 9.17) is 42.3 Å². The van der Waals surface area contributed by atoms with Gasteiger partial charge in [0.25, 0.3) is 0 Å². The van der Waals surface area contributed by atoms with Crippen LogP contribution in [0.5, 0.6) is 23.0 Å². The number of hydrogen-bond acceptors (Lipinski definition) is 13. The minimum Gasteiger partial charge on any atom is -0.493 e. The molecule has 266 valence electrons. The zero-order chi connectivity index (χ0) is 35.6. The van der Waals surface area contributed by atoms with Crippen molar-refractivity contribution in [1.29, 1.82) is 0 Å². The standard InChI is InChI=1S/C37H41NO12/c1-42-32-22-26(23-33(43-2)37(32)44-3)8-13-34(39)47-20-18-45-16-14-38-15-17-46-19-21-48-35(40)25-49-28-11-9-27(10-12-28)30-24-50-31-7-5-4-6-29(31)36(30)41/h4-13,22-24,38H,14-21,25H2,1-3H3/b13-8+. The molecule has 0 saturated carbocycles. The SMILES string of the molecule is COc1cc(/C=C/C(=O)OCCOCCNCCOCCOC(=O)COc2ccc(-c3coc4ccccc4c3=O)cc2)cc(OC)c1OC. The molecule has 13 nitrogen and oxygen atoms in total. The lowest BCUT2D eigenvalue weighted by Crippen LogP contribution is -2.25. The Morgan fingerprint density at radius 2 is 1.44 bits per heavy atom. The van der Waals surface area contributed by atoms with Crippen molar-refractivity contribution in [3.63, 3.8) is 0 Å². The Bertz CT molecular complexity index is 1740. The van der Waals surface area contributed by atoms with E-state index in [1.54, 1.807) is 60.7 Å². The molecule has 50 heavy (non-hydrogen) atoms. The third-order valence-electron chi connectivity index (χ3n) is 7.11. The summed E-state index contributed by atoms with van der Waals surface area (Å²) in [6, 6.07) is 17.3. The van der Waals surface area contributed by atoms with Gasteiger partial charge in [-0.25, -0.2) is 9.59 Å². The monoisotopic (exact) mass is 691 g/mol. The van der Waals surface area contributed by atoms with Gasteiger partial charge in [0.05, 0.1) is 58.7 Å². The second kappa shape index (κ2) is 20.2. The van der Waals surface area contributed by atoms with E-state index >= 15 is 0 Å². The number of carbonyl (C=O) groups is 2. The van der Waals surface area contributed by atoms with Crippen LogP contribution in [0.4, 0.5) is 0 Å². The Kier molecular flexibility index (Phi) is 15.1. The van der Waals surface area contributed by atoms with Gasteiger partial charge >= 0.3 is 11.9 Å². The molecule has 0 aliphatic heterocycles. The summed E-state index contributed by atoms with van der Waals surface area (Å²) in [6.45, 7) is 2.47. The van der Waals surface area contributed by atoms with Crippen LogP contribution >= 0.6 is 0 Å². The number of nitrogens with one attached hydrogen (secondary N) is 1. The first kappa shape index (κ1) is 37.4. The van der Waals surface area contributed by atoms with Gasteiger partial charge in [-0.05, 0) is 53.6 Å². The number of para-hydroxylation sites is 1. The molecule has 13 heteroatoms. The first-order chi connectivity index (χ1) is 24.4. The Morgan fingerprint density at radius 3 is 2.10 bits per heavy atom. The van der Waals surface area contributed by atoms with Crippen LogP contribution in [0.2, 0.25) is 0 Å². The zero-order valence-electron chi connectivity index (χ0n) is 28.3.